The standard InChI is InChI=1S/C17H21BrN2O/c1-3-14-17(18)15(20(2)19-14)11-21-16-10-6-8-12-7-4-5-9-13(12)16/h4-5,7,9,16H,3,6,8,10-11H2,1-2H3. The average molecular weight is 349 g/mol. The highest BCUT2D eigenvalue weighted by atomic mass is 79.9. The summed E-state index contributed by atoms with van der Waals surface area (Å²) in [5.74, 6) is 0. The summed E-state index contributed by atoms with van der Waals surface area (Å²) in [6.07, 6.45) is 4.62. The number of hydrogen-bond acceptors (Lipinski definition) is 2. The third-order valence-corrected chi connectivity index (χ3v) is 5.15. The molecule has 0 fully saturated rings. The summed E-state index contributed by atoms with van der Waals surface area (Å²) in [5, 5.41) is 4.53. The lowest BCUT2D eigenvalue weighted by molar-refractivity contribution is 0.0246. The molecule has 112 valence electrons. The van der Waals surface area contributed by atoms with Crippen molar-refractivity contribution in [3.05, 3.63) is 51.3 Å². The molecular formula is C17H21BrN2O. The second-order valence-corrected chi connectivity index (χ2v) is 6.37. The topological polar surface area (TPSA) is 27.1 Å². The van der Waals surface area contributed by atoms with Gasteiger partial charge in [-0.2, -0.15) is 5.10 Å². The van der Waals surface area contributed by atoms with Gasteiger partial charge in [0.05, 0.1) is 28.6 Å². The van der Waals surface area contributed by atoms with Crippen LogP contribution in [0.4, 0.5) is 0 Å². The molecule has 3 rings (SSSR count). The zero-order chi connectivity index (χ0) is 14.8. The molecule has 1 aliphatic rings. The first-order chi connectivity index (χ1) is 10.2. The second-order valence-electron chi connectivity index (χ2n) is 5.58. The Kier molecular flexibility index (Phi) is 4.45. The molecule has 0 radical (unpaired) electrons. The quantitative estimate of drug-likeness (QED) is 0.821. The van der Waals surface area contributed by atoms with E-state index in [-0.39, 0.29) is 6.10 Å². The number of nitrogens with zero attached hydrogens (tertiary/aromatic N) is 2. The van der Waals surface area contributed by atoms with Crippen LogP contribution in [0.5, 0.6) is 0 Å². The van der Waals surface area contributed by atoms with Crippen LogP contribution in [0.1, 0.15) is 48.4 Å². The fraction of sp³-hybridized carbons (Fsp3) is 0.471. The van der Waals surface area contributed by atoms with Crippen molar-refractivity contribution in [3.63, 3.8) is 0 Å². The number of hydrogen-bond donors (Lipinski definition) is 0. The van der Waals surface area contributed by atoms with Gasteiger partial charge in [0.1, 0.15) is 0 Å². The molecule has 1 unspecified atom stereocenters. The highest BCUT2D eigenvalue weighted by Crippen LogP contribution is 2.33. The summed E-state index contributed by atoms with van der Waals surface area (Å²) in [5.41, 5.74) is 5.01. The van der Waals surface area contributed by atoms with Gasteiger partial charge in [0.25, 0.3) is 0 Å². The summed E-state index contributed by atoms with van der Waals surface area (Å²) in [6.45, 7) is 2.72. The van der Waals surface area contributed by atoms with Crippen LogP contribution < -0.4 is 0 Å². The van der Waals surface area contributed by atoms with Crippen molar-refractivity contribution in [1.29, 1.82) is 0 Å². The van der Waals surface area contributed by atoms with E-state index in [4.69, 9.17) is 4.74 Å². The Hall–Kier alpha value is -1.13. The van der Waals surface area contributed by atoms with Gasteiger partial charge in [0, 0.05) is 7.05 Å². The van der Waals surface area contributed by atoms with E-state index in [1.165, 1.54) is 24.0 Å². The maximum Gasteiger partial charge on any atom is 0.0904 e. The molecule has 1 heterocycles. The lowest BCUT2D eigenvalue weighted by Crippen LogP contribution is -2.13. The van der Waals surface area contributed by atoms with E-state index in [2.05, 4.69) is 52.2 Å². The maximum absolute atomic E-state index is 6.22. The van der Waals surface area contributed by atoms with E-state index in [0.29, 0.717) is 6.61 Å². The van der Waals surface area contributed by atoms with Gasteiger partial charge in [0.15, 0.2) is 0 Å². The number of benzene rings is 1. The number of aryl methyl sites for hydroxylation is 3. The van der Waals surface area contributed by atoms with E-state index >= 15 is 0 Å². The van der Waals surface area contributed by atoms with Gasteiger partial charge < -0.3 is 4.74 Å². The van der Waals surface area contributed by atoms with Gasteiger partial charge in [-0.15, -0.1) is 0 Å². The minimum Gasteiger partial charge on any atom is -0.367 e. The molecule has 0 saturated heterocycles. The number of ether oxygens (including phenoxy) is 1. The molecule has 21 heavy (non-hydrogen) atoms. The van der Waals surface area contributed by atoms with Gasteiger partial charge in [-0.05, 0) is 52.7 Å². The molecule has 0 saturated carbocycles. The van der Waals surface area contributed by atoms with E-state index in [0.717, 1.165) is 28.7 Å². The number of rotatable bonds is 4. The molecule has 0 spiro atoms. The van der Waals surface area contributed by atoms with Crippen molar-refractivity contribution < 1.29 is 4.74 Å². The van der Waals surface area contributed by atoms with Crippen molar-refractivity contribution in [2.45, 2.75) is 45.3 Å². The van der Waals surface area contributed by atoms with Crippen LogP contribution in [-0.2, 0) is 31.2 Å². The minimum atomic E-state index is 0.210. The Bertz CT molecular complexity index is 636. The minimum absolute atomic E-state index is 0.210. The Labute approximate surface area is 134 Å². The third-order valence-electron chi connectivity index (χ3n) is 4.24. The highest BCUT2D eigenvalue weighted by molar-refractivity contribution is 9.10. The van der Waals surface area contributed by atoms with E-state index in [1.807, 2.05) is 11.7 Å². The van der Waals surface area contributed by atoms with Gasteiger partial charge in [0.2, 0.25) is 0 Å². The monoisotopic (exact) mass is 348 g/mol. The smallest absolute Gasteiger partial charge is 0.0904 e. The molecular weight excluding hydrogens is 328 g/mol. The summed E-state index contributed by atoms with van der Waals surface area (Å²) in [4.78, 5) is 0. The largest absolute Gasteiger partial charge is 0.367 e. The zero-order valence-electron chi connectivity index (χ0n) is 12.6. The Morgan fingerprint density at radius 2 is 2.19 bits per heavy atom. The average Bonchev–Trinajstić information content (AvgIpc) is 2.79. The normalized spacial score (nSPS) is 17.8. The van der Waals surface area contributed by atoms with Crippen molar-refractivity contribution >= 4 is 15.9 Å². The number of aromatic nitrogens is 2. The molecule has 0 bridgehead atoms. The molecule has 4 heteroatoms. The van der Waals surface area contributed by atoms with Gasteiger partial charge in [-0.1, -0.05) is 31.2 Å². The lowest BCUT2D eigenvalue weighted by Gasteiger charge is -2.25. The van der Waals surface area contributed by atoms with Crippen LogP contribution in [0.25, 0.3) is 0 Å². The number of halogens is 1. The van der Waals surface area contributed by atoms with Crippen LogP contribution in [0.15, 0.2) is 28.7 Å². The summed E-state index contributed by atoms with van der Waals surface area (Å²) < 4.78 is 9.25. The van der Waals surface area contributed by atoms with Crippen LogP contribution in [0.3, 0.4) is 0 Å². The van der Waals surface area contributed by atoms with Crippen LogP contribution in [-0.4, -0.2) is 9.78 Å². The second kappa shape index (κ2) is 6.32. The summed E-state index contributed by atoms with van der Waals surface area (Å²) in [6, 6.07) is 8.65. The third kappa shape index (κ3) is 2.92. The van der Waals surface area contributed by atoms with E-state index in [9.17, 15) is 0 Å². The number of fused-ring (bicyclic) bond motifs is 1. The first kappa shape index (κ1) is 14.8. The summed E-state index contributed by atoms with van der Waals surface area (Å²) in [7, 11) is 1.98. The molecule has 1 aliphatic carbocycles. The van der Waals surface area contributed by atoms with Crippen molar-refractivity contribution in [1.82, 2.24) is 9.78 Å². The van der Waals surface area contributed by atoms with Crippen molar-refractivity contribution in [2.75, 3.05) is 0 Å². The van der Waals surface area contributed by atoms with E-state index in [1.54, 1.807) is 0 Å². The predicted octanol–water partition coefficient (Wildman–Crippen LogP) is 4.34. The molecule has 1 atom stereocenters. The molecule has 0 amide bonds. The van der Waals surface area contributed by atoms with E-state index < -0.39 is 0 Å². The molecule has 3 nitrogen and oxygen atoms in total. The van der Waals surface area contributed by atoms with Crippen LogP contribution >= 0.6 is 15.9 Å². The zero-order valence-corrected chi connectivity index (χ0v) is 14.2. The molecule has 1 aromatic heterocycles. The van der Waals surface area contributed by atoms with Crippen LogP contribution in [0.2, 0.25) is 0 Å². The first-order valence-electron chi connectivity index (χ1n) is 7.60. The Morgan fingerprint density at radius 3 is 2.95 bits per heavy atom. The van der Waals surface area contributed by atoms with Crippen molar-refractivity contribution in [2.24, 2.45) is 7.05 Å². The predicted molar refractivity (Wildman–Crippen MR) is 87.2 cm³/mol. The Balaban J connectivity index is 1.76. The highest BCUT2D eigenvalue weighted by Gasteiger charge is 2.21. The fourth-order valence-corrected chi connectivity index (χ4v) is 3.77. The lowest BCUT2D eigenvalue weighted by atomic mass is 9.89. The Morgan fingerprint density at radius 1 is 1.38 bits per heavy atom. The molecule has 0 N–H and O–H groups in total. The molecule has 1 aromatic carbocycles. The first-order valence-corrected chi connectivity index (χ1v) is 8.39. The van der Waals surface area contributed by atoms with Gasteiger partial charge in [-0.3, -0.25) is 4.68 Å². The molecule has 0 aliphatic heterocycles. The van der Waals surface area contributed by atoms with Crippen molar-refractivity contribution in [3.8, 4) is 0 Å². The SMILES string of the molecule is CCc1nn(C)c(COC2CCCc3ccccc32)c1Br. The summed E-state index contributed by atoms with van der Waals surface area (Å²) >= 11 is 3.66. The van der Waals surface area contributed by atoms with Crippen LogP contribution in [0, 0.1) is 0 Å². The van der Waals surface area contributed by atoms with Gasteiger partial charge >= 0.3 is 0 Å². The molecule has 2 aromatic rings. The fourth-order valence-electron chi connectivity index (χ4n) is 3.04. The maximum atomic E-state index is 6.22. The van der Waals surface area contributed by atoms with Gasteiger partial charge in [-0.25, -0.2) is 0 Å².